The molecule has 1 saturated carbocycles. The molecule has 1 fully saturated rings. The maximum absolute atomic E-state index is 4.28. The average Bonchev–Trinajstić information content (AvgIpc) is 2.33. The fraction of sp³-hybridized carbons (Fsp3) is 0.667. The lowest BCUT2D eigenvalue weighted by atomic mass is 9.85. The minimum Gasteiger partial charge on any atom is -0.351 e. The van der Waals surface area contributed by atoms with Gasteiger partial charge in [-0.3, -0.25) is 0 Å². The summed E-state index contributed by atoms with van der Waals surface area (Å²) < 4.78 is 1.08. The lowest BCUT2D eigenvalue weighted by Gasteiger charge is -2.28. The van der Waals surface area contributed by atoms with E-state index >= 15 is 0 Å². The van der Waals surface area contributed by atoms with Gasteiger partial charge in [-0.25, -0.2) is 9.97 Å². The van der Waals surface area contributed by atoms with E-state index < -0.39 is 0 Å². The summed E-state index contributed by atoms with van der Waals surface area (Å²) in [6.45, 7) is 2.25. The molecule has 1 aromatic rings. The van der Waals surface area contributed by atoms with Crippen LogP contribution in [0, 0.1) is 9.49 Å². The maximum Gasteiger partial charge on any atom is 0.222 e. The van der Waals surface area contributed by atoms with E-state index in [1.807, 2.05) is 12.4 Å². The molecule has 88 valence electrons. The molecule has 1 aliphatic rings. The molecule has 2 rings (SSSR count). The Morgan fingerprint density at radius 1 is 1.25 bits per heavy atom. The van der Waals surface area contributed by atoms with Gasteiger partial charge in [-0.2, -0.15) is 0 Å². The molecule has 1 atom stereocenters. The second kappa shape index (κ2) is 5.80. The van der Waals surface area contributed by atoms with Crippen molar-refractivity contribution in [2.75, 3.05) is 5.32 Å². The largest absolute Gasteiger partial charge is 0.351 e. The summed E-state index contributed by atoms with van der Waals surface area (Å²) in [5.41, 5.74) is 0. The van der Waals surface area contributed by atoms with Gasteiger partial charge in [-0.05, 0) is 48.3 Å². The molecule has 16 heavy (non-hydrogen) atoms. The fourth-order valence-electron chi connectivity index (χ4n) is 2.34. The SMILES string of the molecule is CC(Nc1ncc(I)cn1)C1CCCCC1. The maximum atomic E-state index is 4.28. The van der Waals surface area contributed by atoms with Crippen molar-refractivity contribution in [2.45, 2.75) is 45.1 Å². The van der Waals surface area contributed by atoms with Crippen molar-refractivity contribution in [2.24, 2.45) is 5.92 Å². The van der Waals surface area contributed by atoms with Crippen molar-refractivity contribution in [3.05, 3.63) is 16.0 Å². The van der Waals surface area contributed by atoms with Crippen LogP contribution in [0.15, 0.2) is 12.4 Å². The van der Waals surface area contributed by atoms with Crippen LogP contribution in [0.3, 0.4) is 0 Å². The number of nitrogens with one attached hydrogen (secondary N) is 1. The molecule has 1 N–H and O–H groups in total. The van der Waals surface area contributed by atoms with Gasteiger partial charge in [0.1, 0.15) is 0 Å². The van der Waals surface area contributed by atoms with E-state index in [-0.39, 0.29) is 0 Å². The Labute approximate surface area is 111 Å². The monoisotopic (exact) mass is 331 g/mol. The third-order valence-electron chi connectivity index (χ3n) is 3.33. The van der Waals surface area contributed by atoms with Gasteiger partial charge in [-0.1, -0.05) is 19.3 Å². The third kappa shape index (κ3) is 3.30. The quantitative estimate of drug-likeness (QED) is 0.862. The molecule has 1 heterocycles. The molecule has 3 nitrogen and oxygen atoms in total. The lowest BCUT2D eigenvalue weighted by Crippen LogP contribution is -2.28. The molecular weight excluding hydrogens is 313 g/mol. The summed E-state index contributed by atoms with van der Waals surface area (Å²) in [5, 5.41) is 3.41. The van der Waals surface area contributed by atoms with E-state index in [1.54, 1.807) is 0 Å². The van der Waals surface area contributed by atoms with Gasteiger partial charge in [0.15, 0.2) is 0 Å². The molecule has 1 aliphatic carbocycles. The number of aromatic nitrogens is 2. The number of anilines is 1. The van der Waals surface area contributed by atoms with Crippen LogP contribution < -0.4 is 5.32 Å². The van der Waals surface area contributed by atoms with Gasteiger partial charge in [0.25, 0.3) is 0 Å². The van der Waals surface area contributed by atoms with Gasteiger partial charge in [-0.15, -0.1) is 0 Å². The Kier molecular flexibility index (Phi) is 4.37. The zero-order valence-corrected chi connectivity index (χ0v) is 11.8. The number of rotatable bonds is 3. The van der Waals surface area contributed by atoms with Gasteiger partial charge in [0.05, 0.1) is 0 Å². The Morgan fingerprint density at radius 2 is 1.88 bits per heavy atom. The first-order chi connectivity index (χ1) is 7.75. The molecule has 0 amide bonds. The molecule has 0 saturated heterocycles. The van der Waals surface area contributed by atoms with Crippen LogP contribution in [-0.4, -0.2) is 16.0 Å². The topological polar surface area (TPSA) is 37.8 Å². The van der Waals surface area contributed by atoms with Crippen LogP contribution in [0.5, 0.6) is 0 Å². The van der Waals surface area contributed by atoms with Crippen LogP contribution in [0.2, 0.25) is 0 Å². The van der Waals surface area contributed by atoms with Gasteiger partial charge in [0.2, 0.25) is 5.95 Å². The minimum absolute atomic E-state index is 0.486. The Balaban J connectivity index is 1.90. The van der Waals surface area contributed by atoms with Gasteiger partial charge < -0.3 is 5.32 Å². The second-order valence-electron chi connectivity index (χ2n) is 4.56. The first kappa shape index (κ1) is 12.1. The third-order valence-corrected chi connectivity index (χ3v) is 3.89. The summed E-state index contributed by atoms with van der Waals surface area (Å²) in [7, 11) is 0. The van der Waals surface area contributed by atoms with Crippen LogP contribution in [-0.2, 0) is 0 Å². The standard InChI is InChI=1S/C12H18IN3/c1-9(10-5-3-2-4-6-10)16-12-14-7-11(13)8-15-12/h7-10H,2-6H2,1H3,(H,14,15,16). The zero-order valence-electron chi connectivity index (χ0n) is 9.62. The number of hydrogen-bond acceptors (Lipinski definition) is 3. The molecule has 1 unspecified atom stereocenters. The van der Waals surface area contributed by atoms with E-state index in [9.17, 15) is 0 Å². The molecule has 0 bridgehead atoms. The highest BCUT2D eigenvalue weighted by atomic mass is 127. The minimum atomic E-state index is 0.486. The first-order valence-corrected chi connectivity index (χ1v) is 7.07. The van der Waals surface area contributed by atoms with E-state index in [0.29, 0.717) is 6.04 Å². The number of halogens is 1. The lowest BCUT2D eigenvalue weighted by molar-refractivity contribution is 0.327. The van der Waals surface area contributed by atoms with E-state index in [2.05, 4.69) is 44.8 Å². The molecule has 1 aromatic heterocycles. The van der Waals surface area contributed by atoms with Crippen molar-refractivity contribution in [1.29, 1.82) is 0 Å². The second-order valence-corrected chi connectivity index (χ2v) is 5.80. The highest BCUT2D eigenvalue weighted by Gasteiger charge is 2.20. The summed E-state index contributed by atoms with van der Waals surface area (Å²) in [6.07, 6.45) is 10.6. The van der Waals surface area contributed by atoms with Gasteiger partial charge >= 0.3 is 0 Å². The van der Waals surface area contributed by atoms with Crippen LogP contribution in [0.1, 0.15) is 39.0 Å². The Hall–Kier alpha value is -0.390. The summed E-state index contributed by atoms with van der Waals surface area (Å²) in [4.78, 5) is 8.57. The van der Waals surface area contributed by atoms with Crippen molar-refractivity contribution in [3.63, 3.8) is 0 Å². The Bertz CT molecular complexity index is 320. The van der Waals surface area contributed by atoms with Crippen LogP contribution in [0.25, 0.3) is 0 Å². The number of hydrogen-bond donors (Lipinski definition) is 1. The first-order valence-electron chi connectivity index (χ1n) is 6.00. The molecular formula is C12H18IN3. The van der Waals surface area contributed by atoms with Crippen LogP contribution >= 0.6 is 22.6 Å². The predicted molar refractivity (Wildman–Crippen MR) is 74.4 cm³/mol. The molecule has 0 aliphatic heterocycles. The average molecular weight is 331 g/mol. The number of nitrogens with zero attached hydrogens (tertiary/aromatic N) is 2. The molecule has 0 aromatic carbocycles. The molecule has 0 radical (unpaired) electrons. The fourth-order valence-corrected chi connectivity index (χ4v) is 2.62. The van der Waals surface area contributed by atoms with Crippen molar-refractivity contribution < 1.29 is 0 Å². The highest BCUT2D eigenvalue weighted by molar-refractivity contribution is 14.1. The Morgan fingerprint density at radius 3 is 2.50 bits per heavy atom. The van der Waals surface area contributed by atoms with Crippen molar-refractivity contribution in [1.82, 2.24) is 9.97 Å². The summed E-state index contributed by atoms with van der Waals surface area (Å²) in [6, 6.07) is 0.486. The highest BCUT2D eigenvalue weighted by Crippen LogP contribution is 2.27. The summed E-state index contributed by atoms with van der Waals surface area (Å²) >= 11 is 2.22. The van der Waals surface area contributed by atoms with Gasteiger partial charge in [0, 0.05) is 22.0 Å². The molecule has 0 spiro atoms. The smallest absolute Gasteiger partial charge is 0.222 e. The van der Waals surface area contributed by atoms with E-state index in [1.165, 1.54) is 32.1 Å². The van der Waals surface area contributed by atoms with Crippen molar-refractivity contribution in [3.8, 4) is 0 Å². The normalized spacial score (nSPS) is 19.4. The predicted octanol–water partition coefficient (Wildman–Crippen LogP) is 3.46. The van der Waals surface area contributed by atoms with Crippen molar-refractivity contribution >= 4 is 28.5 Å². The molecule has 4 heteroatoms. The summed E-state index contributed by atoms with van der Waals surface area (Å²) in [5.74, 6) is 1.55. The zero-order chi connectivity index (χ0) is 11.4. The van der Waals surface area contributed by atoms with Crippen LogP contribution in [0.4, 0.5) is 5.95 Å². The van der Waals surface area contributed by atoms with E-state index in [4.69, 9.17) is 0 Å². The van der Waals surface area contributed by atoms with E-state index in [0.717, 1.165) is 15.4 Å².